The number of hydrogen-bond donors (Lipinski definition) is 2. The first-order valence-corrected chi connectivity index (χ1v) is 6.05. The van der Waals surface area contributed by atoms with E-state index in [1.54, 1.807) is 25.3 Å². The lowest BCUT2D eigenvalue weighted by molar-refractivity contribution is 0.00544. The van der Waals surface area contributed by atoms with E-state index in [1.165, 1.54) is 0 Å². The standard InChI is InChI=1S/C13H19ClN2O2/c1-13(2,17-3)6-7-18-11-5-4-9(14)8-10(11)12(15)16/h4-5,8H,6-7H2,1-3H3,(H3,15,16). The van der Waals surface area contributed by atoms with Crippen molar-refractivity contribution in [1.29, 1.82) is 5.41 Å². The monoisotopic (exact) mass is 270 g/mol. The molecule has 0 amide bonds. The summed E-state index contributed by atoms with van der Waals surface area (Å²) >= 11 is 5.86. The lowest BCUT2D eigenvalue weighted by Gasteiger charge is -2.23. The molecule has 4 nitrogen and oxygen atoms in total. The number of benzene rings is 1. The Morgan fingerprint density at radius 2 is 2.11 bits per heavy atom. The zero-order chi connectivity index (χ0) is 13.8. The Hall–Kier alpha value is -1.26. The van der Waals surface area contributed by atoms with Crippen molar-refractivity contribution in [3.63, 3.8) is 0 Å². The molecule has 1 aromatic rings. The van der Waals surface area contributed by atoms with Gasteiger partial charge >= 0.3 is 0 Å². The normalized spacial score (nSPS) is 11.3. The lowest BCUT2D eigenvalue weighted by atomic mass is 10.1. The minimum absolute atomic E-state index is 0.0569. The van der Waals surface area contributed by atoms with Gasteiger partial charge in [-0.15, -0.1) is 0 Å². The highest BCUT2D eigenvalue weighted by Gasteiger charge is 2.16. The van der Waals surface area contributed by atoms with Crippen molar-refractivity contribution < 1.29 is 9.47 Å². The van der Waals surface area contributed by atoms with E-state index in [9.17, 15) is 0 Å². The Morgan fingerprint density at radius 1 is 1.44 bits per heavy atom. The summed E-state index contributed by atoms with van der Waals surface area (Å²) in [6.07, 6.45) is 0.740. The molecular formula is C13H19ClN2O2. The molecule has 18 heavy (non-hydrogen) atoms. The molecule has 0 aliphatic heterocycles. The van der Waals surface area contributed by atoms with Gasteiger partial charge in [-0.05, 0) is 32.0 Å². The van der Waals surface area contributed by atoms with Crippen LogP contribution in [0.2, 0.25) is 5.02 Å². The van der Waals surface area contributed by atoms with Crippen LogP contribution in [0.25, 0.3) is 0 Å². The molecule has 0 radical (unpaired) electrons. The maximum atomic E-state index is 7.48. The van der Waals surface area contributed by atoms with Crippen molar-refractivity contribution in [3.05, 3.63) is 28.8 Å². The fourth-order valence-electron chi connectivity index (χ4n) is 1.35. The minimum Gasteiger partial charge on any atom is -0.493 e. The number of hydrogen-bond acceptors (Lipinski definition) is 3. The summed E-state index contributed by atoms with van der Waals surface area (Å²) < 4.78 is 10.9. The van der Waals surface area contributed by atoms with Crippen LogP contribution in [0.3, 0.4) is 0 Å². The molecule has 0 saturated heterocycles. The number of nitrogen functional groups attached to an aromatic ring is 1. The van der Waals surface area contributed by atoms with E-state index < -0.39 is 0 Å². The highest BCUT2D eigenvalue weighted by atomic mass is 35.5. The van der Waals surface area contributed by atoms with Crippen LogP contribution < -0.4 is 10.5 Å². The van der Waals surface area contributed by atoms with Crippen LogP contribution in [0.1, 0.15) is 25.8 Å². The average molecular weight is 271 g/mol. The summed E-state index contributed by atoms with van der Waals surface area (Å²) in [7, 11) is 1.67. The summed E-state index contributed by atoms with van der Waals surface area (Å²) in [5, 5.41) is 8.01. The summed E-state index contributed by atoms with van der Waals surface area (Å²) in [6, 6.07) is 5.06. The van der Waals surface area contributed by atoms with Crippen molar-refractivity contribution in [1.82, 2.24) is 0 Å². The Kier molecular flexibility index (Phi) is 4.99. The van der Waals surface area contributed by atoms with Crippen LogP contribution in [0.4, 0.5) is 0 Å². The summed E-state index contributed by atoms with van der Waals surface area (Å²) in [4.78, 5) is 0. The van der Waals surface area contributed by atoms with E-state index in [2.05, 4.69) is 0 Å². The largest absolute Gasteiger partial charge is 0.493 e. The third kappa shape index (κ3) is 4.20. The molecule has 5 heteroatoms. The zero-order valence-electron chi connectivity index (χ0n) is 10.9. The fourth-order valence-corrected chi connectivity index (χ4v) is 1.52. The first-order chi connectivity index (χ1) is 8.35. The number of methoxy groups -OCH3 is 1. The van der Waals surface area contributed by atoms with E-state index in [4.69, 9.17) is 32.2 Å². The smallest absolute Gasteiger partial charge is 0.130 e. The predicted octanol–water partition coefficient (Wildman–Crippen LogP) is 2.82. The van der Waals surface area contributed by atoms with Gasteiger partial charge in [-0.1, -0.05) is 11.6 Å². The Balaban J connectivity index is 2.70. The van der Waals surface area contributed by atoms with E-state index in [0.717, 1.165) is 6.42 Å². The molecule has 0 aliphatic carbocycles. The second-order valence-electron chi connectivity index (χ2n) is 4.62. The molecule has 0 spiro atoms. The molecule has 0 heterocycles. The van der Waals surface area contributed by atoms with E-state index in [0.29, 0.717) is 22.9 Å². The number of nitrogens with one attached hydrogen (secondary N) is 1. The minimum atomic E-state index is -0.233. The summed E-state index contributed by atoms with van der Waals surface area (Å²) in [5.41, 5.74) is 5.77. The third-order valence-electron chi connectivity index (χ3n) is 2.75. The highest BCUT2D eigenvalue weighted by Crippen LogP contribution is 2.23. The van der Waals surface area contributed by atoms with Crippen LogP contribution in [0.5, 0.6) is 5.75 Å². The molecule has 0 aromatic heterocycles. The van der Waals surface area contributed by atoms with Gasteiger partial charge in [-0.25, -0.2) is 0 Å². The van der Waals surface area contributed by atoms with Crippen LogP contribution in [-0.4, -0.2) is 25.2 Å². The second kappa shape index (κ2) is 6.07. The van der Waals surface area contributed by atoms with Gasteiger partial charge in [-0.3, -0.25) is 5.41 Å². The SMILES string of the molecule is COC(C)(C)CCOc1ccc(Cl)cc1C(=N)N. The topological polar surface area (TPSA) is 68.3 Å². The van der Waals surface area contributed by atoms with Gasteiger partial charge in [0, 0.05) is 18.6 Å². The number of halogens is 1. The highest BCUT2D eigenvalue weighted by molar-refractivity contribution is 6.31. The van der Waals surface area contributed by atoms with Crippen molar-refractivity contribution in [3.8, 4) is 5.75 Å². The predicted molar refractivity (Wildman–Crippen MR) is 73.7 cm³/mol. The maximum Gasteiger partial charge on any atom is 0.130 e. The van der Waals surface area contributed by atoms with Crippen LogP contribution in [0.15, 0.2) is 18.2 Å². The maximum absolute atomic E-state index is 7.48. The van der Waals surface area contributed by atoms with Gasteiger partial charge in [0.05, 0.1) is 17.8 Å². The number of ether oxygens (including phenoxy) is 2. The molecule has 0 atom stereocenters. The third-order valence-corrected chi connectivity index (χ3v) is 2.98. The number of amidine groups is 1. The van der Waals surface area contributed by atoms with Crippen molar-refractivity contribution >= 4 is 17.4 Å². The molecule has 1 aromatic carbocycles. The van der Waals surface area contributed by atoms with Crippen LogP contribution in [-0.2, 0) is 4.74 Å². The molecule has 0 bridgehead atoms. The van der Waals surface area contributed by atoms with E-state index >= 15 is 0 Å². The molecule has 100 valence electrons. The molecule has 0 fully saturated rings. The van der Waals surface area contributed by atoms with Crippen molar-refractivity contribution in [2.45, 2.75) is 25.9 Å². The van der Waals surface area contributed by atoms with Crippen LogP contribution >= 0.6 is 11.6 Å². The summed E-state index contributed by atoms with van der Waals surface area (Å²) in [5.74, 6) is 0.511. The fraction of sp³-hybridized carbons (Fsp3) is 0.462. The Morgan fingerprint density at radius 3 is 2.67 bits per heavy atom. The molecule has 0 aliphatic rings. The van der Waals surface area contributed by atoms with Gasteiger partial charge in [0.1, 0.15) is 11.6 Å². The molecule has 1 rings (SSSR count). The van der Waals surface area contributed by atoms with Gasteiger partial charge in [0.2, 0.25) is 0 Å². The molecule has 0 unspecified atom stereocenters. The zero-order valence-corrected chi connectivity index (χ0v) is 11.7. The molecule has 0 saturated carbocycles. The first kappa shape index (κ1) is 14.8. The number of rotatable bonds is 6. The Bertz CT molecular complexity index is 433. The number of nitrogens with two attached hydrogens (primary N) is 1. The summed E-state index contributed by atoms with van der Waals surface area (Å²) in [6.45, 7) is 4.47. The molecule has 3 N–H and O–H groups in total. The van der Waals surface area contributed by atoms with Gasteiger partial charge in [-0.2, -0.15) is 0 Å². The van der Waals surface area contributed by atoms with E-state index in [1.807, 2.05) is 13.8 Å². The lowest BCUT2D eigenvalue weighted by Crippen LogP contribution is -2.25. The first-order valence-electron chi connectivity index (χ1n) is 5.67. The Labute approximate surface area is 113 Å². The quantitative estimate of drug-likeness (QED) is 0.617. The van der Waals surface area contributed by atoms with Gasteiger partial charge in [0.25, 0.3) is 0 Å². The second-order valence-corrected chi connectivity index (χ2v) is 5.05. The van der Waals surface area contributed by atoms with Crippen LogP contribution in [0, 0.1) is 5.41 Å². The average Bonchev–Trinajstić information content (AvgIpc) is 2.30. The van der Waals surface area contributed by atoms with Gasteiger partial charge in [0.15, 0.2) is 0 Å². The van der Waals surface area contributed by atoms with Crippen molar-refractivity contribution in [2.75, 3.05) is 13.7 Å². The van der Waals surface area contributed by atoms with E-state index in [-0.39, 0.29) is 11.4 Å². The van der Waals surface area contributed by atoms with Gasteiger partial charge < -0.3 is 15.2 Å². The molecular weight excluding hydrogens is 252 g/mol. The van der Waals surface area contributed by atoms with Crippen molar-refractivity contribution in [2.24, 2.45) is 5.73 Å².